The second kappa shape index (κ2) is 6.07. The Hall–Kier alpha value is -1.25. The summed E-state index contributed by atoms with van der Waals surface area (Å²) in [5.74, 6) is 0. The maximum atomic E-state index is 10.5. The summed E-state index contributed by atoms with van der Waals surface area (Å²) in [6, 6.07) is 16.2. The van der Waals surface area contributed by atoms with E-state index in [0.717, 1.165) is 22.4 Å². The topological polar surface area (TPSA) is 20.2 Å². The van der Waals surface area contributed by atoms with Gasteiger partial charge in [0.05, 0.1) is 0 Å². The average Bonchev–Trinajstić information content (AvgIpc) is 2.46. The number of thioether (sulfide) groups is 1. The van der Waals surface area contributed by atoms with Crippen molar-refractivity contribution in [3.05, 3.63) is 65.2 Å². The van der Waals surface area contributed by atoms with Gasteiger partial charge in [-0.1, -0.05) is 49.4 Å². The first-order chi connectivity index (χ1) is 8.76. The molecule has 0 fully saturated rings. The minimum atomic E-state index is -0.542. The van der Waals surface area contributed by atoms with Gasteiger partial charge in [0.25, 0.3) is 0 Å². The molecule has 0 aliphatic rings. The predicted octanol–water partition coefficient (Wildman–Crippen LogP) is 4.05. The summed E-state index contributed by atoms with van der Waals surface area (Å²) in [7, 11) is 0. The third kappa shape index (κ3) is 2.77. The Balaban J connectivity index is 2.37. The molecule has 2 aromatic carbocycles. The van der Waals surface area contributed by atoms with Crippen LogP contribution in [0.25, 0.3) is 0 Å². The van der Waals surface area contributed by atoms with E-state index in [-0.39, 0.29) is 0 Å². The minimum Gasteiger partial charge on any atom is -0.384 e. The first-order valence-electron chi connectivity index (χ1n) is 6.16. The monoisotopic (exact) mass is 258 g/mol. The maximum Gasteiger partial charge on any atom is 0.105 e. The fourth-order valence-electron chi connectivity index (χ4n) is 2.05. The van der Waals surface area contributed by atoms with Crippen LogP contribution in [-0.4, -0.2) is 11.4 Å². The van der Waals surface area contributed by atoms with Crippen LogP contribution in [0.1, 0.15) is 29.7 Å². The van der Waals surface area contributed by atoms with Crippen molar-refractivity contribution in [2.24, 2.45) is 0 Å². The molecular formula is C16H18OS. The lowest BCUT2D eigenvalue weighted by Crippen LogP contribution is -2.01. The molecule has 1 unspecified atom stereocenters. The largest absolute Gasteiger partial charge is 0.384 e. The molecule has 0 saturated carbocycles. The van der Waals surface area contributed by atoms with E-state index in [1.165, 1.54) is 5.56 Å². The Morgan fingerprint density at radius 2 is 1.89 bits per heavy atom. The van der Waals surface area contributed by atoms with Gasteiger partial charge in [0.1, 0.15) is 6.10 Å². The SMILES string of the molecule is CCc1cccc(C(O)c2ccccc2SC)c1. The van der Waals surface area contributed by atoms with Gasteiger partial charge >= 0.3 is 0 Å². The number of hydrogen-bond acceptors (Lipinski definition) is 2. The zero-order valence-electron chi connectivity index (χ0n) is 10.8. The molecule has 94 valence electrons. The molecule has 2 rings (SSSR count). The Morgan fingerprint density at radius 1 is 1.11 bits per heavy atom. The smallest absolute Gasteiger partial charge is 0.105 e. The highest BCUT2D eigenvalue weighted by Gasteiger charge is 2.13. The highest BCUT2D eigenvalue weighted by Crippen LogP contribution is 2.30. The van der Waals surface area contributed by atoms with Crippen LogP contribution < -0.4 is 0 Å². The van der Waals surface area contributed by atoms with Gasteiger partial charge in [0.15, 0.2) is 0 Å². The van der Waals surface area contributed by atoms with E-state index >= 15 is 0 Å². The predicted molar refractivity (Wildman–Crippen MR) is 78.1 cm³/mol. The van der Waals surface area contributed by atoms with Crippen molar-refractivity contribution < 1.29 is 5.11 Å². The lowest BCUT2D eigenvalue weighted by Gasteiger charge is -2.15. The molecule has 1 atom stereocenters. The van der Waals surface area contributed by atoms with Crippen molar-refractivity contribution >= 4 is 11.8 Å². The van der Waals surface area contributed by atoms with E-state index in [2.05, 4.69) is 19.1 Å². The number of aliphatic hydroxyl groups excluding tert-OH is 1. The quantitative estimate of drug-likeness (QED) is 0.835. The maximum absolute atomic E-state index is 10.5. The molecule has 1 nitrogen and oxygen atoms in total. The normalized spacial score (nSPS) is 12.4. The molecule has 2 heteroatoms. The second-order valence-corrected chi connectivity index (χ2v) is 5.09. The van der Waals surface area contributed by atoms with Crippen molar-refractivity contribution in [2.75, 3.05) is 6.26 Å². The van der Waals surface area contributed by atoms with Crippen LogP contribution in [0.4, 0.5) is 0 Å². The average molecular weight is 258 g/mol. The van der Waals surface area contributed by atoms with Gasteiger partial charge in [0, 0.05) is 4.90 Å². The van der Waals surface area contributed by atoms with E-state index in [0.29, 0.717) is 0 Å². The fourth-order valence-corrected chi connectivity index (χ4v) is 2.69. The van der Waals surface area contributed by atoms with Gasteiger partial charge in [-0.15, -0.1) is 11.8 Å². The van der Waals surface area contributed by atoms with Gasteiger partial charge in [0.2, 0.25) is 0 Å². The highest BCUT2D eigenvalue weighted by atomic mass is 32.2. The van der Waals surface area contributed by atoms with Crippen LogP contribution in [0.3, 0.4) is 0 Å². The summed E-state index contributed by atoms with van der Waals surface area (Å²) in [5, 5.41) is 10.5. The van der Waals surface area contributed by atoms with Gasteiger partial charge < -0.3 is 5.11 Å². The lowest BCUT2D eigenvalue weighted by molar-refractivity contribution is 0.217. The fraction of sp³-hybridized carbons (Fsp3) is 0.250. The molecule has 0 bridgehead atoms. The summed E-state index contributed by atoms with van der Waals surface area (Å²) >= 11 is 1.67. The van der Waals surface area contributed by atoms with Crippen molar-refractivity contribution in [3.8, 4) is 0 Å². The van der Waals surface area contributed by atoms with E-state index < -0.39 is 6.10 Å². The third-order valence-electron chi connectivity index (χ3n) is 3.11. The summed E-state index contributed by atoms with van der Waals surface area (Å²) in [5.41, 5.74) is 3.21. The summed E-state index contributed by atoms with van der Waals surface area (Å²) < 4.78 is 0. The first-order valence-corrected chi connectivity index (χ1v) is 7.38. The third-order valence-corrected chi connectivity index (χ3v) is 3.92. The van der Waals surface area contributed by atoms with E-state index in [9.17, 15) is 5.11 Å². The molecule has 0 aliphatic carbocycles. The molecule has 2 aromatic rings. The zero-order chi connectivity index (χ0) is 13.0. The minimum absolute atomic E-state index is 0.542. The molecule has 0 aliphatic heterocycles. The number of aryl methyl sites for hydroxylation is 1. The first kappa shape index (κ1) is 13.2. The van der Waals surface area contributed by atoms with Crippen molar-refractivity contribution in [1.82, 2.24) is 0 Å². The number of hydrogen-bond donors (Lipinski definition) is 1. The zero-order valence-corrected chi connectivity index (χ0v) is 11.6. The standard InChI is InChI=1S/C16H18OS/c1-3-12-7-6-8-13(11-12)16(17)14-9-4-5-10-15(14)18-2/h4-11,16-17H,3H2,1-2H3. The molecule has 1 N–H and O–H groups in total. The summed E-state index contributed by atoms with van der Waals surface area (Å²) in [6.07, 6.45) is 2.49. The van der Waals surface area contributed by atoms with Gasteiger partial charge in [-0.2, -0.15) is 0 Å². The van der Waals surface area contributed by atoms with Crippen LogP contribution >= 0.6 is 11.8 Å². The van der Waals surface area contributed by atoms with E-state index in [1.54, 1.807) is 11.8 Å². The van der Waals surface area contributed by atoms with E-state index in [4.69, 9.17) is 0 Å². The number of rotatable bonds is 4. The van der Waals surface area contributed by atoms with E-state index in [1.807, 2.05) is 42.7 Å². The van der Waals surface area contributed by atoms with Gasteiger partial charge in [-0.3, -0.25) is 0 Å². The molecule has 0 amide bonds. The molecule has 0 saturated heterocycles. The van der Waals surface area contributed by atoms with Crippen LogP contribution in [0.15, 0.2) is 53.4 Å². The molecule has 0 aromatic heterocycles. The molecule has 0 heterocycles. The Kier molecular flexibility index (Phi) is 4.45. The van der Waals surface area contributed by atoms with Gasteiger partial charge in [-0.05, 0) is 35.4 Å². The molecule has 0 radical (unpaired) electrons. The Morgan fingerprint density at radius 3 is 2.61 bits per heavy atom. The van der Waals surface area contributed by atoms with Crippen molar-refractivity contribution in [3.63, 3.8) is 0 Å². The van der Waals surface area contributed by atoms with Crippen LogP contribution in [0.2, 0.25) is 0 Å². The Labute approximate surface area is 113 Å². The molecule has 18 heavy (non-hydrogen) atoms. The molecule has 0 spiro atoms. The number of benzene rings is 2. The lowest BCUT2D eigenvalue weighted by atomic mass is 9.99. The second-order valence-electron chi connectivity index (χ2n) is 4.24. The Bertz CT molecular complexity index is 522. The summed E-state index contributed by atoms with van der Waals surface area (Å²) in [6.45, 7) is 2.13. The highest BCUT2D eigenvalue weighted by molar-refractivity contribution is 7.98. The van der Waals surface area contributed by atoms with Gasteiger partial charge in [-0.25, -0.2) is 0 Å². The van der Waals surface area contributed by atoms with Crippen molar-refractivity contribution in [1.29, 1.82) is 0 Å². The molecular weight excluding hydrogens is 240 g/mol. The van der Waals surface area contributed by atoms with Crippen LogP contribution in [-0.2, 0) is 6.42 Å². The van der Waals surface area contributed by atoms with Crippen LogP contribution in [0, 0.1) is 0 Å². The summed E-state index contributed by atoms with van der Waals surface area (Å²) in [4.78, 5) is 1.13. The van der Waals surface area contributed by atoms with Crippen molar-refractivity contribution in [2.45, 2.75) is 24.3 Å². The number of aliphatic hydroxyl groups is 1. The van der Waals surface area contributed by atoms with Crippen LogP contribution in [0.5, 0.6) is 0 Å².